The maximum atomic E-state index is 13.6. The summed E-state index contributed by atoms with van der Waals surface area (Å²) in [4.78, 5) is 32.7. The lowest BCUT2D eigenvalue weighted by molar-refractivity contribution is -0.142. The molecule has 2 aliphatic carbocycles. The van der Waals surface area contributed by atoms with Crippen LogP contribution in [0.3, 0.4) is 0 Å². The predicted octanol–water partition coefficient (Wildman–Crippen LogP) is 5.84. The van der Waals surface area contributed by atoms with Crippen LogP contribution < -0.4 is 9.47 Å². The second kappa shape index (κ2) is 12.2. The summed E-state index contributed by atoms with van der Waals surface area (Å²) in [6.07, 6.45) is 13.3. The quantitative estimate of drug-likeness (QED) is 0.332. The average molecular weight is 521 g/mol. The van der Waals surface area contributed by atoms with Gasteiger partial charge in [-0.15, -0.1) is 0 Å². The van der Waals surface area contributed by atoms with Gasteiger partial charge in [-0.1, -0.05) is 50.1 Å². The number of hydrogen-bond donors (Lipinski definition) is 0. The van der Waals surface area contributed by atoms with E-state index in [1.54, 1.807) is 12.1 Å². The zero-order valence-corrected chi connectivity index (χ0v) is 22.0. The van der Waals surface area contributed by atoms with Crippen LogP contribution in [0.1, 0.15) is 69.8 Å². The molecule has 4 rings (SSSR count). The SMILES string of the molecule is COC(=O)COc1c(Cl)cc(C=C2SC(=NC3CCCCC3)N(C3CCCCC3)C2=O)cc1OC. The van der Waals surface area contributed by atoms with Crippen LogP contribution in [0.15, 0.2) is 22.0 Å². The molecule has 7 nitrogen and oxygen atoms in total. The molecule has 0 atom stereocenters. The normalized spacial score (nSPS) is 22.1. The van der Waals surface area contributed by atoms with Gasteiger partial charge in [-0.05, 0) is 61.2 Å². The summed E-state index contributed by atoms with van der Waals surface area (Å²) in [7, 11) is 2.79. The Balaban J connectivity index is 1.61. The zero-order valence-electron chi connectivity index (χ0n) is 20.4. The summed E-state index contributed by atoms with van der Waals surface area (Å²) in [6.45, 7) is -0.279. The zero-order chi connectivity index (χ0) is 24.8. The first kappa shape index (κ1) is 25.9. The number of nitrogens with zero attached hydrogens (tertiary/aromatic N) is 2. The van der Waals surface area contributed by atoms with Crippen LogP contribution >= 0.6 is 23.4 Å². The van der Waals surface area contributed by atoms with Crippen LogP contribution in [0.25, 0.3) is 6.08 Å². The molecule has 0 aromatic heterocycles. The molecule has 0 N–H and O–H groups in total. The summed E-state index contributed by atoms with van der Waals surface area (Å²) >= 11 is 7.92. The lowest BCUT2D eigenvalue weighted by Gasteiger charge is -2.31. The van der Waals surface area contributed by atoms with E-state index in [4.69, 9.17) is 26.1 Å². The number of esters is 1. The molecule has 1 saturated heterocycles. The van der Waals surface area contributed by atoms with Crippen LogP contribution in [0.4, 0.5) is 0 Å². The number of rotatable bonds is 7. The minimum absolute atomic E-state index is 0.0116. The average Bonchev–Trinajstić information content (AvgIpc) is 3.17. The summed E-state index contributed by atoms with van der Waals surface area (Å²) in [6, 6.07) is 3.97. The van der Waals surface area contributed by atoms with Crippen molar-refractivity contribution < 1.29 is 23.8 Å². The molecule has 1 aliphatic heterocycles. The Labute approximate surface area is 216 Å². The van der Waals surface area contributed by atoms with Crippen molar-refractivity contribution in [2.45, 2.75) is 76.3 Å². The number of ether oxygens (including phenoxy) is 3. The van der Waals surface area contributed by atoms with E-state index in [9.17, 15) is 9.59 Å². The maximum Gasteiger partial charge on any atom is 0.343 e. The van der Waals surface area contributed by atoms with Crippen molar-refractivity contribution in [1.29, 1.82) is 0 Å². The van der Waals surface area contributed by atoms with Gasteiger partial charge < -0.3 is 14.2 Å². The second-order valence-electron chi connectivity index (χ2n) is 9.18. The van der Waals surface area contributed by atoms with E-state index >= 15 is 0 Å². The van der Waals surface area contributed by atoms with Gasteiger partial charge in [-0.2, -0.15) is 0 Å². The molecular formula is C26H33ClN2O5S. The number of halogens is 1. The molecule has 3 aliphatic rings. The summed E-state index contributed by atoms with van der Waals surface area (Å²) in [5, 5.41) is 1.13. The topological polar surface area (TPSA) is 77.4 Å². The van der Waals surface area contributed by atoms with Crippen LogP contribution in [-0.4, -0.2) is 54.9 Å². The number of carbonyl (C=O) groups excluding carboxylic acids is 2. The van der Waals surface area contributed by atoms with Gasteiger partial charge in [0, 0.05) is 6.04 Å². The van der Waals surface area contributed by atoms with Crippen molar-refractivity contribution in [2.75, 3.05) is 20.8 Å². The fourth-order valence-corrected chi connectivity index (χ4v) is 6.29. The van der Waals surface area contributed by atoms with E-state index in [2.05, 4.69) is 4.74 Å². The molecule has 1 amide bonds. The molecule has 0 spiro atoms. The van der Waals surface area contributed by atoms with E-state index in [1.807, 2.05) is 11.0 Å². The molecule has 0 bridgehead atoms. The Kier molecular flexibility index (Phi) is 9.00. The number of aliphatic imine (C=N–C) groups is 1. The van der Waals surface area contributed by atoms with E-state index < -0.39 is 5.97 Å². The first-order valence-electron chi connectivity index (χ1n) is 12.4. The molecule has 0 radical (unpaired) electrons. The highest BCUT2D eigenvalue weighted by molar-refractivity contribution is 8.18. The second-order valence-corrected chi connectivity index (χ2v) is 10.6. The van der Waals surface area contributed by atoms with Crippen molar-refractivity contribution in [3.8, 4) is 11.5 Å². The summed E-state index contributed by atoms with van der Waals surface area (Å²) in [5.74, 6) is 0.131. The number of carbonyl (C=O) groups is 2. The standard InChI is InChI=1S/C26H33ClN2O5S/c1-32-21-14-17(13-20(27)24(21)34-16-23(30)33-2)15-22-25(31)29(19-11-7-4-8-12-19)26(35-22)28-18-9-5-3-6-10-18/h13-15,18-19H,3-12,16H2,1-2H3. The van der Waals surface area contributed by atoms with Crippen LogP contribution in [0.2, 0.25) is 5.02 Å². The van der Waals surface area contributed by atoms with Crippen molar-refractivity contribution in [3.05, 3.63) is 27.6 Å². The van der Waals surface area contributed by atoms with Crippen molar-refractivity contribution in [1.82, 2.24) is 4.90 Å². The third-order valence-electron chi connectivity index (χ3n) is 6.76. The number of hydrogen-bond acceptors (Lipinski definition) is 7. The third-order valence-corrected chi connectivity index (χ3v) is 8.03. The fraction of sp³-hybridized carbons (Fsp3) is 0.577. The van der Waals surface area contributed by atoms with Crippen LogP contribution in [0, 0.1) is 0 Å². The molecule has 1 heterocycles. The van der Waals surface area contributed by atoms with Gasteiger partial charge in [-0.25, -0.2) is 4.79 Å². The molecule has 190 valence electrons. The number of amidine groups is 1. The fourth-order valence-electron chi connectivity index (χ4n) is 4.91. The molecular weight excluding hydrogens is 488 g/mol. The highest BCUT2D eigenvalue weighted by Crippen LogP contribution is 2.41. The van der Waals surface area contributed by atoms with Gasteiger partial charge in [0.15, 0.2) is 23.3 Å². The minimum Gasteiger partial charge on any atom is -0.493 e. The van der Waals surface area contributed by atoms with E-state index in [1.165, 1.54) is 51.7 Å². The number of benzene rings is 1. The summed E-state index contributed by atoms with van der Waals surface area (Å²) in [5.41, 5.74) is 0.718. The van der Waals surface area contributed by atoms with E-state index in [-0.39, 0.29) is 29.3 Å². The highest BCUT2D eigenvalue weighted by atomic mass is 35.5. The molecule has 9 heteroatoms. The van der Waals surface area contributed by atoms with E-state index in [0.717, 1.165) is 49.3 Å². The first-order chi connectivity index (χ1) is 17.0. The van der Waals surface area contributed by atoms with Crippen molar-refractivity contribution in [2.24, 2.45) is 4.99 Å². The summed E-state index contributed by atoms with van der Waals surface area (Å²) < 4.78 is 15.6. The molecule has 0 unspecified atom stereocenters. The lowest BCUT2D eigenvalue weighted by Crippen LogP contribution is -2.41. The van der Waals surface area contributed by atoms with E-state index in [0.29, 0.717) is 16.7 Å². The number of methoxy groups -OCH3 is 2. The van der Waals surface area contributed by atoms with Gasteiger partial charge >= 0.3 is 5.97 Å². The smallest absolute Gasteiger partial charge is 0.343 e. The highest BCUT2D eigenvalue weighted by Gasteiger charge is 2.39. The number of thioether (sulfide) groups is 1. The van der Waals surface area contributed by atoms with Gasteiger partial charge in [0.1, 0.15) is 0 Å². The molecule has 3 fully saturated rings. The first-order valence-corrected chi connectivity index (χ1v) is 13.6. The minimum atomic E-state index is -0.519. The molecule has 2 saturated carbocycles. The Morgan fingerprint density at radius 1 is 1.11 bits per heavy atom. The maximum absolute atomic E-state index is 13.6. The Bertz CT molecular complexity index is 1000. The molecule has 1 aromatic carbocycles. The molecule has 1 aromatic rings. The van der Waals surface area contributed by atoms with Crippen LogP contribution in [-0.2, 0) is 14.3 Å². The lowest BCUT2D eigenvalue weighted by atomic mass is 9.94. The van der Waals surface area contributed by atoms with Crippen molar-refractivity contribution >= 4 is 46.5 Å². The largest absolute Gasteiger partial charge is 0.493 e. The Hall–Kier alpha value is -2.19. The van der Waals surface area contributed by atoms with Gasteiger partial charge in [0.25, 0.3) is 5.91 Å². The van der Waals surface area contributed by atoms with Crippen molar-refractivity contribution in [3.63, 3.8) is 0 Å². The molecule has 35 heavy (non-hydrogen) atoms. The predicted molar refractivity (Wildman–Crippen MR) is 139 cm³/mol. The van der Waals surface area contributed by atoms with Gasteiger partial charge in [-0.3, -0.25) is 14.7 Å². The number of amides is 1. The Morgan fingerprint density at radius 2 is 1.80 bits per heavy atom. The van der Waals surface area contributed by atoms with Crippen LogP contribution in [0.5, 0.6) is 11.5 Å². The van der Waals surface area contributed by atoms with Gasteiger partial charge in [0.05, 0.1) is 30.2 Å². The monoisotopic (exact) mass is 520 g/mol. The Morgan fingerprint density at radius 3 is 2.46 bits per heavy atom. The van der Waals surface area contributed by atoms with Gasteiger partial charge in [0.2, 0.25) is 0 Å². The third kappa shape index (κ3) is 6.33.